The summed E-state index contributed by atoms with van der Waals surface area (Å²) >= 11 is 0. The first kappa shape index (κ1) is 23.5. The van der Waals surface area contributed by atoms with Gasteiger partial charge in [0, 0.05) is 42.0 Å². The van der Waals surface area contributed by atoms with Crippen molar-refractivity contribution in [1.82, 2.24) is 20.1 Å². The van der Waals surface area contributed by atoms with Crippen LogP contribution < -0.4 is 4.90 Å². The Hall–Kier alpha value is -2.94. The summed E-state index contributed by atoms with van der Waals surface area (Å²) in [5.74, 6) is 1.06. The highest BCUT2D eigenvalue weighted by Gasteiger charge is 2.46. The molecule has 0 bridgehead atoms. The zero-order valence-corrected chi connectivity index (χ0v) is 20.3. The van der Waals surface area contributed by atoms with Crippen LogP contribution in [0, 0.1) is 11.3 Å². The molecule has 36 heavy (non-hydrogen) atoms. The number of hydrogen-bond acceptors (Lipinski definition) is 5. The standard InChI is InChI=1S/C27H30F3N5O/c1-17-10-21-20(3-4-23-22(21)12-32-33-23)25(35(17)16-27(28,29)30)19-2-5-24(31-11-19)34-14-26(15-34)8-6-18(13-36)7-9-26/h2-5,11-13,17-18,25H,6-10,14-16H2,1H3,(H,32,33)/t17-,25-/m1/s1. The molecule has 2 aliphatic heterocycles. The van der Waals surface area contributed by atoms with Crippen LogP contribution in [0.4, 0.5) is 19.0 Å². The Kier molecular flexibility index (Phi) is 5.59. The smallest absolute Gasteiger partial charge is 0.355 e. The molecule has 190 valence electrons. The molecule has 1 aromatic carbocycles. The molecular formula is C27H30F3N5O. The van der Waals surface area contributed by atoms with Gasteiger partial charge in [-0.05, 0) is 67.9 Å². The van der Waals surface area contributed by atoms with Crippen LogP contribution in [0.3, 0.4) is 0 Å². The van der Waals surface area contributed by atoms with Gasteiger partial charge in [0.05, 0.1) is 24.3 Å². The van der Waals surface area contributed by atoms with Crippen molar-refractivity contribution >= 4 is 23.0 Å². The molecule has 3 aromatic rings. The van der Waals surface area contributed by atoms with Crippen LogP contribution in [-0.4, -0.2) is 58.2 Å². The van der Waals surface area contributed by atoms with Crippen molar-refractivity contribution in [3.63, 3.8) is 0 Å². The first-order valence-corrected chi connectivity index (χ1v) is 12.7. The molecule has 2 fully saturated rings. The highest BCUT2D eigenvalue weighted by atomic mass is 19.4. The summed E-state index contributed by atoms with van der Waals surface area (Å²) in [6, 6.07) is 6.88. The van der Waals surface area contributed by atoms with E-state index < -0.39 is 18.8 Å². The van der Waals surface area contributed by atoms with Gasteiger partial charge in [-0.15, -0.1) is 0 Å². The highest BCUT2D eigenvalue weighted by molar-refractivity contribution is 5.83. The van der Waals surface area contributed by atoms with Gasteiger partial charge in [0.2, 0.25) is 0 Å². The van der Waals surface area contributed by atoms with Crippen molar-refractivity contribution in [3.8, 4) is 0 Å². The minimum absolute atomic E-state index is 0.200. The van der Waals surface area contributed by atoms with E-state index in [2.05, 4.69) is 15.1 Å². The van der Waals surface area contributed by atoms with Crippen molar-refractivity contribution in [2.24, 2.45) is 11.3 Å². The number of pyridine rings is 1. The second-order valence-corrected chi connectivity index (χ2v) is 11.0. The number of aromatic amines is 1. The molecule has 0 radical (unpaired) electrons. The van der Waals surface area contributed by atoms with Gasteiger partial charge < -0.3 is 9.69 Å². The van der Waals surface area contributed by atoms with Crippen molar-refractivity contribution in [2.45, 2.75) is 57.3 Å². The molecule has 9 heteroatoms. The molecular weight excluding hydrogens is 467 g/mol. The molecule has 3 aliphatic rings. The lowest BCUT2D eigenvalue weighted by atomic mass is 9.66. The van der Waals surface area contributed by atoms with Gasteiger partial charge in [0.25, 0.3) is 0 Å². The summed E-state index contributed by atoms with van der Waals surface area (Å²) in [6.45, 7) is 2.74. The maximum atomic E-state index is 13.6. The summed E-state index contributed by atoms with van der Waals surface area (Å²) in [5, 5.41) is 8.09. The first-order valence-electron chi connectivity index (χ1n) is 12.7. The molecule has 2 aromatic heterocycles. The number of carbonyl (C=O) groups excluding carboxylic acids is 1. The Labute approximate surface area is 207 Å². The van der Waals surface area contributed by atoms with Crippen molar-refractivity contribution in [3.05, 3.63) is 53.3 Å². The van der Waals surface area contributed by atoms with E-state index in [-0.39, 0.29) is 17.4 Å². The Balaban J connectivity index is 1.28. The van der Waals surface area contributed by atoms with Gasteiger partial charge in [-0.25, -0.2) is 4.98 Å². The summed E-state index contributed by atoms with van der Waals surface area (Å²) in [4.78, 5) is 19.6. The Morgan fingerprint density at radius 1 is 1.14 bits per heavy atom. The van der Waals surface area contributed by atoms with Crippen LogP contribution in [0.2, 0.25) is 0 Å². The van der Waals surface area contributed by atoms with Crippen molar-refractivity contribution < 1.29 is 18.0 Å². The molecule has 2 atom stereocenters. The summed E-state index contributed by atoms with van der Waals surface area (Å²) in [6.07, 6.45) is 4.89. The summed E-state index contributed by atoms with van der Waals surface area (Å²) in [5.41, 5.74) is 3.87. The van der Waals surface area contributed by atoms with Crippen LogP contribution in [0.1, 0.15) is 55.3 Å². The Morgan fingerprint density at radius 3 is 2.58 bits per heavy atom. The lowest BCUT2D eigenvalue weighted by Crippen LogP contribution is -2.58. The number of aromatic nitrogens is 3. The molecule has 6 nitrogen and oxygen atoms in total. The fraction of sp³-hybridized carbons (Fsp3) is 0.519. The fourth-order valence-electron chi connectivity index (χ4n) is 6.62. The van der Waals surface area contributed by atoms with E-state index in [0.29, 0.717) is 6.42 Å². The van der Waals surface area contributed by atoms with Gasteiger partial charge >= 0.3 is 6.18 Å². The van der Waals surface area contributed by atoms with Crippen molar-refractivity contribution in [1.29, 1.82) is 0 Å². The number of hydrogen-bond donors (Lipinski definition) is 1. The maximum Gasteiger partial charge on any atom is 0.401 e. The zero-order chi connectivity index (χ0) is 25.1. The van der Waals surface area contributed by atoms with E-state index >= 15 is 0 Å². The molecule has 1 saturated heterocycles. The maximum absolute atomic E-state index is 13.6. The van der Waals surface area contributed by atoms with Crippen molar-refractivity contribution in [2.75, 3.05) is 24.5 Å². The average molecular weight is 498 g/mol. The zero-order valence-electron chi connectivity index (χ0n) is 20.3. The summed E-state index contributed by atoms with van der Waals surface area (Å²) < 4.78 is 40.9. The third-order valence-electron chi connectivity index (χ3n) is 8.57. The van der Waals surface area contributed by atoms with E-state index in [1.54, 1.807) is 17.3 Å². The molecule has 6 rings (SSSR count). The number of fused-ring (bicyclic) bond motifs is 3. The summed E-state index contributed by atoms with van der Waals surface area (Å²) in [7, 11) is 0. The molecule has 1 spiro atoms. The first-order chi connectivity index (χ1) is 17.3. The number of nitrogens with zero attached hydrogens (tertiary/aromatic N) is 4. The van der Waals surface area contributed by atoms with E-state index in [4.69, 9.17) is 4.98 Å². The number of alkyl halides is 3. The molecule has 0 unspecified atom stereocenters. The van der Waals surface area contributed by atoms with Crippen LogP contribution in [0.15, 0.2) is 36.7 Å². The molecule has 1 N–H and O–H groups in total. The molecule has 0 amide bonds. The number of rotatable bonds is 4. The predicted octanol–water partition coefficient (Wildman–Crippen LogP) is 5.05. The fourth-order valence-corrected chi connectivity index (χ4v) is 6.62. The second kappa shape index (κ2) is 8.57. The van der Waals surface area contributed by atoms with Gasteiger partial charge in [-0.3, -0.25) is 10.00 Å². The molecule has 1 aliphatic carbocycles. The number of aldehydes is 1. The molecule has 1 saturated carbocycles. The largest absolute Gasteiger partial charge is 0.401 e. The van der Waals surface area contributed by atoms with Gasteiger partial charge in [0.15, 0.2) is 0 Å². The highest BCUT2D eigenvalue weighted by Crippen LogP contribution is 2.47. The van der Waals surface area contributed by atoms with E-state index in [9.17, 15) is 18.0 Å². The number of halogens is 3. The SMILES string of the molecule is C[C@@H]1Cc2c(ccc3[nH]ncc23)[C@@H](c2ccc(N3CC4(CCC(C=O)CC4)C3)nc2)N1CC(F)(F)F. The van der Waals surface area contributed by atoms with Crippen LogP contribution >= 0.6 is 0 Å². The lowest BCUT2D eigenvalue weighted by molar-refractivity contribution is -0.155. The van der Waals surface area contributed by atoms with Gasteiger partial charge in [0.1, 0.15) is 12.1 Å². The van der Waals surface area contributed by atoms with Crippen LogP contribution in [-0.2, 0) is 11.2 Å². The second-order valence-electron chi connectivity index (χ2n) is 11.0. The van der Waals surface area contributed by atoms with E-state index in [0.717, 1.165) is 78.5 Å². The third kappa shape index (κ3) is 4.07. The number of benzene rings is 1. The number of H-pyrrole nitrogens is 1. The minimum Gasteiger partial charge on any atom is -0.355 e. The predicted molar refractivity (Wildman–Crippen MR) is 131 cm³/mol. The van der Waals surface area contributed by atoms with Crippen LogP contribution in [0.25, 0.3) is 10.9 Å². The van der Waals surface area contributed by atoms with Crippen LogP contribution in [0.5, 0.6) is 0 Å². The monoisotopic (exact) mass is 497 g/mol. The lowest BCUT2D eigenvalue weighted by Gasteiger charge is -2.53. The molecule has 4 heterocycles. The van der Waals surface area contributed by atoms with Gasteiger partial charge in [-0.1, -0.05) is 12.1 Å². The Bertz CT molecular complexity index is 1250. The topological polar surface area (TPSA) is 65.1 Å². The Morgan fingerprint density at radius 2 is 1.92 bits per heavy atom. The number of anilines is 1. The number of carbonyl (C=O) groups is 1. The van der Waals surface area contributed by atoms with E-state index in [1.165, 1.54) is 0 Å². The quantitative estimate of drug-likeness (QED) is 0.511. The normalized spacial score (nSPS) is 24.6. The average Bonchev–Trinajstić information content (AvgIpc) is 3.32. The number of nitrogens with one attached hydrogen (secondary N) is 1. The third-order valence-corrected chi connectivity index (χ3v) is 8.57. The van der Waals surface area contributed by atoms with E-state index in [1.807, 2.05) is 31.2 Å². The van der Waals surface area contributed by atoms with Gasteiger partial charge in [-0.2, -0.15) is 18.3 Å². The minimum atomic E-state index is -4.30.